The van der Waals surface area contributed by atoms with Crippen LogP contribution < -0.4 is 0 Å². The van der Waals surface area contributed by atoms with E-state index in [4.69, 9.17) is 9.47 Å². The average molecular weight is 847 g/mol. The van der Waals surface area contributed by atoms with Crippen LogP contribution >= 0.6 is 0 Å². The Morgan fingerprint density at radius 2 is 0.705 bits per heavy atom. The van der Waals surface area contributed by atoms with Crippen molar-refractivity contribution < 1.29 is 24.2 Å². The molecule has 61 heavy (non-hydrogen) atoms. The Morgan fingerprint density at radius 3 is 1.07 bits per heavy atom. The van der Waals surface area contributed by atoms with Crippen LogP contribution in [0.4, 0.5) is 0 Å². The van der Waals surface area contributed by atoms with E-state index in [1.165, 1.54) is 109 Å². The summed E-state index contributed by atoms with van der Waals surface area (Å²) in [6.45, 7) is 4.02. The van der Waals surface area contributed by atoms with Gasteiger partial charge in [0.25, 0.3) is 0 Å². The van der Waals surface area contributed by atoms with Gasteiger partial charge in [-0.2, -0.15) is 0 Å². The van der Waals surface area contributed by atoms with Crippen LogP contribution in [0.2, 0.25) is 0 Å². The van der Waals surface area contributed by atoms with E-state index in [1.54, 1.807) is 0 Å². The Balaban J connectivity index is 3.56. The van der Waals surface area contributed by atoms with Crippen LogP contribution in [0.1, 0.15) is 226 Å². The highest BCUT2D eigenvalue weighted by molar-refractivity contribution is 5.70. The first kappa shape index (κ1) is 57.8. The molecule has 0 aromatic rings. The molecule has 0 aliphatic rings. The van der Waals surface area contributed by atoms with Crippen molar-refractivity contribution in [1.82, 2.24) is 0 Å². The summed E-state index contributed by atoms with van der Waals surface area (Å²) < 4.78 is 10.6. The van der Waals surface area contributed by atoms with Crippen molar-refractivity contribution in [2.45, 2.75) is 232 Å². The smallest absolute Gasteiger partial charge is 0.306 e. The molecule has 0 saturated carbocycles. The molecule has 0 rings (SSSR count). The molecule has 0 aliphatic heterocycles. The second-order valence-corrected chi connectivity index (χ2v) is 16.5. The fraction of sp³-hybridized carbons (Fsp3) is 0.679. The normalized spacial score (nSPS) is 13.0. The molecule has 348 valence electrons. The Kier molecular flexibility index (Phi) is 48.5. The molecule has 1 atom stereocenters. The Morgan fingerprint density at radius 1 is 0.393 bits per heavy atom. The molecule has 0 fully saturated rings. The molecule has 5 heteroatoms. The van der Waals surface area contributed by atoms with Crippen molar-refractivity contribution in [1.29, 1.82) is 0 Å². The standard InChI is InChI=1S/C56H94O5/c1-3-5-7-9-11-13-15-17-18-19-20-21-22-23-24-25-26-27-28-29-30-31-32-33-34-35-36-37-38-39-41-43-45-47-49-51-56(59)61-54(52-57)53-60-55(58)50-48-46-44-42-40-16-14-12-10-8-6-4-2/h5,7,11,13,17-18,20-21,23-24,26-27,29-30,32-33,54,57H,3-4,6,8-10,12,14-16,19,22,25,28,31,34-53H2,1-2H3/b7-5-,13-11-,18-17-,21-20-,24-23-,27-26-,30-29-,33-32-. The van der Waals surface area contributed by atoms with Gasteiger partial charge < -0.3 is 14.6 Å². The first-order valence-corrected chi connectivity index (χ1v) is 25.3. The van der Waals surface area contributed by atoms with E-state index in [0.717, 1.165) is 89.9 Å². The van der Waals surface area contributed by atoms with E-state index in [1.807, 2.05) is 0 Å². The predicted molar refractivity (Wildman–Crippen MR) is 265 cm³/mol. The van der Waals surface area contributed by atoms with Gasteiger partial charge in [0.1, 0.15) is 6.61 Å². The fourth-order valence-electron chi connectivity index (χ4n) is 6.86. The second-order valence-electron chi connectivity index (χ2n) is 16.5. The monoisotopic (exact) mass is 847 g/mol. The lowest BCUT2D eigenvalue weighted by molar-refractivity contribution is -0.161. The van der Waals surface area contributed by atoms with E-state index in [9.17, 15) is 14.7 Å². The molecule has 0 saturated heterocycles. The van der Waals surface area contributed by atoms with E-state index >= 15 is 0 Å². The van der Waals surface area contributed by atoms with Gasteiger partial charge in [0, 0.05) is 12.8 Å². The average Bonchev–Trinajstić information content (AvgIpc) is 3.26. The van der Waals surface area contributed by atoms with Crippen molar-refractivity contribution in [3.8, 4) is 0 Å². The lowest BCUT2D eigenvalue weighted by Gasteiger charge is -2.15. The quantitative estimate of drug-likeness (QED) is 0.0375. The van der Waals surface area contributed by atoms with Crippen molar-refractivity contribution in [2.24, 2.45) is 0 Å². The first-order valence-electron chi connectivity index (χ1n) is 25.3. The molecule has 0 amide bonds. The summed E-state index contributed by atoms with van der Waals surface area (Å²) in [5.41, 5.74) is 0. The van der Waals surface area contributed by atoms with Gasteiger partial charge in [0.15, 0.2) is 6.10 Å². The zero-order chi connectivity index (χ0) is 44.2. The highest BCUT2D eigenvalue weighted by Crippen LogP contribution is 2.15. The third-order valence-electron chi connectivity index (χ3n) is 10.6. The molecule has 0 aromatic heterocycles. The fourth-order valence-corrected chi connectivity index (χ4v) is 6.86. The lowest BCUT2D eigenvalue weighted by atomic mass is 10.0. The minimum absolute atomic E-state index is 0.0690. The topological polar surface area (TPSA) is 72.8 Å². The van der Waals surface area contributed by atoms with E-state index in [-0.39, 0.29) is 25.2 Å². The number of rotatable bonds is 45. The number of unbranched alkanes of at least 4 members (excludes halogenated alkanes) is 21. The van der Waals surface area contributed by atoms with E-state index in [0.29, 0.717) is 12.8 Å². The zero-order valence-corrected chi connectivity index (χ0v) is 39.6. The Bertz CT molecular complexity index is 1190. The number of esters is 2. The van der Waals surface area contributed by atoms with Crippen LogP contribution in [-0.4, -0.2) is 36.4 Å². The summed E-state index contributed by atoms with van der Waals surface area (Å²) in [5, 5.41) is 9.60. The molecule has 1 N–H and O–H groups in total. The van der Waals surface area contributed by atoms with Gasteiger partial charge in [-0.15, -0.1) is 0 Å². The predicted octanol–water partition coefficient (Wildman–Crippen LogP) is 16.8. The molecule has 5 nitrogen and oxygen atoms in total. The third-order valence-corrected chi connectivity index (χ3v) is 10.6. The minimum atomic E-state index is -0.776. The third kappa shape index (κ3) is 49.4. The van der Waals surface area contributed by atoms with Crippen LogP contribution in [0.15, 0.2) is 97.2 Å². The van der Waals surface area contributed by atoms with Gasteiger partial charge >= 0.3 is 11.9 Å². The van der Waals surface area contributed by atoms with Crippen LogP contribution in [0.25, 0.3) is 0 Å². The molecule has 0 heterocycles. The molecule has 0 aliphatic carbocycles. The van der Waals surface area contributed by atoms with Gasteiger partial charge in [0.05, 0.1) is 6.61 Å². The molecule has 0 spiro atoms. The van der Waals surface area contributed by atoms with Gasteiger partial charge in [-0.05, 0) is 77.0 Å². The number of ether oxygens (including phenoxy) is 2. The van der Waals surface area contributed by atoms with Crippen molar-refractivity contribution >= 4 is 11.9 Å². The first-order chi connectivity index (χ1) is 30.1. The summed E-state index contributed by atoms with van der Waals surface area (Å²) in [7, 11) is 0. The number of hydrogen-bond donors (Lipinski definition) is 1. The van der Waals surface area contributed by atoms with E-state index in [2.05, 4.69) is 111 Å². The van der Waals surface area contributed by atoms with Gasteiger partial charge in [-0.1, -0.05) is 233 Å². The highest BCUT2D eigenvalue weighted by atomic mass is 16.6. The molecule has 1 unspecified atom stereocenters. The molecular formula is C56H94O5. The Hall–Kier alpha value is -3.18. The molecule has 0 aromatic carbocycles. The van der Waals surface area contributed by atoms with Crippen LogP contribution in [0, 0.1) is 0 Å². The van der Waals surface area contributed by atoms with Crippen LogP contribution in [0.5, 0.6) is 0 Å². The molecule has 0 bridgehead atoms. The summed E-state index contributed by atoms with van der Waals surface area (Å²) in [4.78, 5) is 24.4. The van der Waals surface area contributed by atoms with Crippen LogP contribution in [-0.2, 0) is 19.1 Å². The highest BCUT2D eigenvalue weighted by Gasteiger charge is 2.16. The SMILES string of the molecule is CC/C=C\C/C=C\C/C=C\C/C=C\C/C=C\C/C=C\C/C=C\C/C=C\CCCCCCCCCCCCC(=O)OC(CO)COC(=O)CCCCCCCCCCCCCC. The number of hydrogen-bond acceptors (Lipinski definition) is 5. The van der Waals surface area contributed by atoms with Gasteiger partial charge in [0.2, 0.25) is 0 Å². The summed E-state index contributed by atoms with van der Waals surface area (Å²) >= 11 is 0. The van der Waals surface area contributed by atoms with Crippen LogP contribution in [0.3, 0.4) is 0 Å². The minimum Gasteiger partial charge on any atom is -0.462 e. The van der Waals surface area contributed by atoms with E-state index < -0.39 is 6.10 Å². The molecular weight excluding hydrogens is 753 g/mol. The lowest BCUT2D eigenvalue weighted by Crippen LogP contribution is -2.28. The maximum atomic E-state index is 12.2. The number of aliphatic hydroxyl groups is 1. The second kappa shape index (κ2) is 51.2. The largest absolute Gasteiger partial charge is 0.462 e. The summed E-state index contributed by atoms with van der Waals surface area (Å²) in [6.07, 6.45) is 72.2. The van der Waals surface area contributed by atoms with Gasteiger partial charge in [-0.25, -0.2) is 0 Å². The molecule has 0 radical (unpaired) electrons. The number of carbonyl (C=O) groups excluding carboxylic acids is 2. The maximum Gasteiger partial charge on any atom is 0.306 e. The number of allylic oxidation sites excluding steroid dienone is 16. The van der Waals surface area contributed by atoms with Gasteiger partial charge in [-0.3, -0.25) is 9.59 Å². The summed E-state index contributed by atoms with van der Waals surface area (Å²) in [6, 6.07) is 0. The maximum absolute atomic E-state index is 12.2. The van der Waals surface area contributed by atoms with Crippen molar-refractivity contribution in [3.05, 3.63) is 97.2 Å². The Labute approximate surface area is 377 Å². The zero-order valence-electron chi connectivity index (χ0n) is 39.6. The van der Waals surface area contributed by atoms with Crippen molar-refractivity contribution in [3.63, 3.8) is 0 Å². The summed E-state index contributed by atoms with van der Waals surface area (Å²) in [5.74, 6) is -0.596. The number of aliphatic hydroxyl groups excluding tert-OH is 1. The number of carbonyl (C=O) groups is 2. The van der Waals surface area contributed by atoms with Crippen molar-refractivity contribution in [2.75, 3.05) is 13.2 Å².